The fourth-order valence-corrected chi connectivity index (χ4v) is 4.63. The monoisotopic (exact) mass is 409 g/mol. The highest BCUT2D eigenvalue weighted by atomic mass is 32.2. The summed E-state index contributed by atoms with van der Waals surface area (Å²) in [6.45, 7) is 1.21. The Kier molecular flexibility index (Phi) is 5.32. The Morgan fingerprint density at radius 3 is 2.62 bits per heavy atom. The van der Waals surface area contributed by atoms with Crippen LogP contribution in [-0.2, 0) is 22.6 Å². The van der Waals surface area contributed by atoms with Crippen molar-refractivity contribution >= 4 is 35.2 Å². The number of amides is 3. The summed E-state index contributed by atoms with van der Waals surface area (Å²) in [7, 11) is 3.38. The molecule has 150 valence electrons. The van der Waals surface area contributed by atoms with E-state index in [1.54, 1.807) is 26.2 Å². The molecule has 0 fully saturated rings. The van der Waals surface area contributed by atoms with E-state index in [4.69, 9.17) is 0 Å². The standard InChI is InChI=1S/C22H23N3O3S/c1-23(2)22(28)16-7-8-19-18(11-16)25(21(27)14-29-19)13-20(26)24-10-9-15-5-3-4-6-17(15)12-24/h3-8,11H,9-10,12-14H2,1-2H3. The molecular formula is C22H23N3O3S. The summed E-state index contributed by atoms with van der Waals surface area (Å²) in [4.78, 5) is 43.7. The summed E-state index contributed by atoms with van der Waals surface area (Å²) in [6.07, 6.45) is 0.823. The molecule has 0 radical (unpaired) electrons. The number of rotatable bonds is 3. The topological polar surface area (TPSA) is 60.9 Å². The van der Waals surface area contributed by atoms with Crippen molar-refractivity contribution in [3.63, 3.8) is 0 Å². The number of carbonyl (C=O) groups excluding carboxylic acids is 3. The van der Waals surface area contributed by atoms with Gasteiger partial charge in [-0.3, -0.25) is 14.4 Å². The first-order valence-corrected chi connectivity index (χ1v) is 10.6. The molecule has 0 N–H and O–H groups in total. The number of benzene rings is 2. The van der Waals surface area contributed by atoms with E-state index in [9.17, 15) is 14.4 Å². The van der Waals surface area contributed by atoms with Gasteiger partial charge in [0.25, 0.3) is 5.91 Å². The first kappa shape index (κ1) is 19.5. The Morgan fingerprint density at radius 2 is 1.86 bits per heavy atom. The van der Waals surface area contributed by atoms with Crippen molar-refractivity contribution in [2.45, 2.75) is 17.9 Å². The van der Waals surface area contributed by atoms with Crippen LogP contribution in [0.5, 0.6) is 0 Å². The molecule has 4 rings (SSSR count). The lowest BCUT2D eigenvalue weighted by molar-refractivity contribution is -0.132. The van der Waals surface area contributed by atoms with Crippen LogP contribution in [0.25, 0.3) is 0 Å². The molecule has 0 aromatic heterocycles. The number of anilines is 1. The molecule has 0 saturated carbocycles. The van der Waals surface area contributed by atoms with Gasteiger partial charge in [0.2, 0.25) is 11.8 Å². The SMILES string of the molecule is CN(C)C(=O)c1ccc2c(c1)N(CC(=O)N1CCc3ccccc3C1)C(=O)CS2. The predicted octanol–water partition coefficient (Wildman–Crippen LogP) is 2.41. The van der Waals surface area contributed by atoms with Crippen molar-refractivity contribution in [3.05, 3.63) is 59.2 Å². The fourth-order valence-electron chi connectivity index (χ4n) is 3.71. The van der Waals surface area contributed by atoms with Crippen LogP contribution in [0.4, 0.5) is 5.69 Å². The van der Waals surface area contributed by atoms with E-state index in [1.807, 2.05) is 29.2 Å². The Balaban J connectivity index is 1.56. The van der Waals surface area contributed by atoms with Gasteiger partial charge in [-0.2, -0.15) is 0 Å². The summed E-state index contributed by atoms with van der Waals surface area (Å²) in [6, 6.07) is 13.5. The minimum absolute atomic E-state index is 0.00579. The van der Waals surface area contributed by atoms with Crippen LogP contribution in [0.1, 0.15) is 21.5 Å². The van der Waals surface area contributed by atoms with E-state index in [0.717, 1.165) is 16.9 Å². The molecular weight excluding hydrogens is 386 g/mol. The average Bonchev–Trinajstić information content (AvgIpc) is 2.74. The van der Waals surface area contributed by atoms with Gasteiger partial charge in [-0.05, 0) is 35.7 Å². The Labute approximate surface area is 174 Å². The van der Waals surface area contributed by atoms with Gasteiger partial charge in [0, 0.05) is 37.6 Å². The molecule has 29 heavy (non-hydrogen) atoms. The molecule has 0 atom stereocenters. The van der Waals surface area contributed by atoms with E-state index >= 15 is 0 Å². The summed E-state index contributed by atoms with van der Waals surface area (Å²) in [5, 5.41) is 0. The van der Waals surface area contributed by atoms with Gasteiger partial charge in [-0.1, -0.05) is 24.3 Å². The smallest absolute Gasteiger partial charge is 0.253 e. The highest BCUT2D eigenvalue weighted by Crippen LogP contribution is 2.36. The van der Waals surface area contributed by atoms with Crippen molar-refractivity contribution in [2.75, 3.05) is 37.8 Å². The van der Waals surface area contributed by atoms with Gasteiger partial charge in [0.15, 0.2) is 0 Å². The molecule has 0 spiro atoms. The van der Waals surface area contributed by atoms with Crippen LogP contribution in [0.2, 0.25) is 0 Å². The van der Waals surface area contributed by atoms with E-state index in [1.165, 1.54) is 27.1 Å². The van der Waals surface area contributed by atoms with Crippen LogP contribution in [0, 0.1) is 0 Å². The highest BCUT2D eigenvalue weighted by Gasteiger charge is 2.30. The largest absolute Gasteiger partial charge is 0.345 e. The van der Waals surface area contributed by atoms with Crippen LogP contribution in [0.15, 0.2) is 47.4 Å². The van der Waals surface area contributed by atoms with E-state index in [-0.39, 0.29) is 24.3 Å². The molecule has 2 aliphatic rings. The molecule has 7 heteroatoms. The second-order valence-electron chi connectivity index (χ2n) is 7.48. The number of hydrogen-bond acceptors (Lipinski definition) is 4. The maximum atomic E-state index is 13.0. The normalized spacial score (nSPS) is 15.6. The molecule has 2 heterocycles. The first-order valence-electron chi connectivity index (χ1n) is 9.57. The van der Waals surface area contributed by atoms with Gasteiger partial charge in [-0.15, -0.1) is 11.8 Å². The molecule has 3 amide bonds. The third-order valence-corrected chi connectivity index (χ3v) is 6.38. The Hall–Kier alpha value is -2.80. The van der Waals surface area contributed by atoms with Crippen molar-refractivity contribution in [2.24, 2.45) is 0 Å². The molecule has 6 nitrogen and oxygen atoms in total. The number of carbonyl (C=O) groups is 3. The molecule has 2 aliphatic heterocycles. The lowest BCUT2D eigenvalue weighted by Gasteiger charge is -2.33. The fraction of sp³-hybridized carbons (Fsp3) is 0.318. The van der Waals surface area contributed by atoms with Crippen LogP contribution >= 0.6 is 11.8 Å². The lowest BCUT2D eigenvalue weighted by Crippen LogP contribution is -2.46. The zero-order valence-electron chi connectivity index (χ0n) is 16.6. The summed E-state index contributed by atoms with van der Waals surface area (Å²) >= 11 is 1.44. The number of nitrogens with zero attached hydrogens (tertiary/aromatic N) is 3. The van der Waals surface area contributed by atoms with Crippen molar-refractivity contribution in [3.8, 4) is 0 Å². The zero-order valence-corrected chi connectivity index (χ0v) is 17.4. The quantitative estimate of drug-likeness (QED) is 0.781. The van der Waals surface area contributed by atoms with Crippen LogP contribution < -0.4 is 4.90 Å². The second-order valence-corrected chi connectivity index (χ2v) is 8.50. The number of thioether (sulfide) groups is 1. The Morgan fingerprint density at radius 1 is 1.10 bits per heavy atom. The van der Waals surface area contributed by atoms with Crippen molar-refractivity contribution in [1.82, 2.24) is 9.80 Å². The molecule has 0 aliphatic carbocycles. The summed E-state index contributed by atoms with van der Waals surface area (Å²) in [5.74, 6) is -0.0168. The van der Waals surface area contributed by atoms with E-state index in [0.29, 0.717) is 30.1 Å². The average molecular weight is 410 g/mol. The molecule has 0 bridgehead atoms. The van der Waals surface area contributed by atoms with E-state index < -0.39 is 0 Å². The summed E-state index contributed by atoms with van der Waals surface area (Å²) < 4.78 is 0. The highest BCUT2D eigenvalue weighted by molar-refractivity contribution is 8.00. The zero-order chi connectivity index (χ0) is 20.5. The van der Waals surface area contributed by atoms with E-state index in [2.05, 4.69) is 6.07 Å². The first-order chi connectivity index (χ1) is 13.9. The van der Waals surface area contributed by atoms with Gasteiger partial charge in [0.1, 0.15) is 6.54 Å². The lowest BCUT2D eigenvalue weighted by atomic mass is 10.00. The Bertz CT molecular complexity index is 989. The molecule has 0 saturated heterocycles. The van der Waals surface area contributed by atoms with Gasteiger partial charge in [-0.25, -0.2) is 0 Å². The summed E-state index contributed by atoms with van der Waals surface area (Å²) in [5.41, 5.74) is 3.59. The molecule has 0 unspecified atom stereocenters. The van der Waals surface area contributed by atoms with Gasteiger partial charge < -0.3 is 14.7 Å². The van der Waals surface area contributed by atoms with Gasteiger partial charge >= 0.3 is 0 Å². The minimum Gasteiger partial charge on any atom is -0.345 e. The second kappa shape index (κ2) is 7.91. The molecule has 2 aromatic carbocycles. The third kappa shape index (κ3) is 3.87. The van der Waals surface area contributed by atoms with Crippen LogP contribution in [0.3, 0.4) is 0 Å². The predicted molar refractivity (Wildman–Crippen MR) is 113 cm³/mol. The maximum Gasteiger partial charge on any atom is 0.253 e. The number of hydrogen-bond donors (Lipinski definition) is 0. The maximum absolute atomic E-state index is 13.0. The van der Waals surface area contributed by atoms with Gasteiger partial charge in [0.05, 0.1) is 11.4 Å². The van der Waals surface area contributed by atoms with Crippen LogP contribution in [-0.4, -0.2) is 60.5 Å². The number of fused-ring (bicyclic) bond motifs is 2. The third-order valence-electron chi connectivity index (χ3n) is 5.33. The minimum atomic E-state index is -0.130. The van der Waals surface area contributed by atoms with Crippen molar-refractivity contribution < 1.29 is 14.4 Å². The molecule has 2 aromatic rings. The van der Waals surface area contributed by atoms with Crippen molar-refractivity contribution in [1.29, 1.82) is 0 Å².